The van der Waals surface area contributed by atoms with Crippen LogP contribution in [0.3, 0.4) is 0 Å². The van der Waals surface area contributed by atoms with Gasteiger partial charge in [-0.1, -0.05) is 24.3 Å². The van der Waals surface area contributed by atoms with Gasteiger partial charge in [0.25, 0.3) is 5.91 Å². The van der Waals surface area contributed by atoms with Crippen molar-refractivity contribution in [1.82, 2.24) is 20.4 Å². The average Bonchev–Trinajstić information content (AvgIpc) is 3.10. The van der Waals surface area contributed by atoms with Gasteiger partial charge >= 0.3 is 6.18 Å². The highest BCUT2D eigenvalue weighted by Crippen LogP contribution is 2.41. The van der Waals surface area contributed by atoms with Crippen LogP contribution in [0.15, 0.2) is 60.7 Å². The van der Waals surface area contributed by atoms with Crippen molar-refractivity contribution in [3.05, 3.63) is 77.5 Å². The molecule has 11 heteroatoms. The van der Waals surface area contributed by atoms with E-state index in [1.807, 2.05) is 49.3 Å². The molecule has 2 aromatic carbocycles. The Morgan fingerprint density at radius 3 is 2.46 bits per heavy atom. The van der Waals surface area contributed by atoms with Crippen LogP contribution in [0.25, 0.3) is 0 Å². The Bertz CT molecular complexity index is 1340. The van der Waals surface area contributed by atoms with E-state index in [1.165, 1.54) is 12.1 Å². The lowest BCUT2D eigenvalue weighted by Crippen LogP contribution is -2.49. The van der Waals surface area contributed by atoms with Gasteiger partial charge in [-0.25, -0.2) is 0 Å². The van der Waals surface area contributed by atoms with E-state index in [9.17, 15) is 18.0 Å². The third-order valence-corrected chi connectivity index (χ3v) is 7.72. The van der Waals surface area contributed by atoms with Gasteiger partial charge in [0.2, 0.25) is 0 Å². The van der Waals surface area contributed by atoms with Gasteiger partial charge in [0, 0.05) is 58.5 Å². The Morgan fingerprint density at radius 1 is 1.00 bits per heavy atom. The summed E-state index contributed by atoms with van der Waals surface area (Å²) in [4.78, 5) is 18.6. The molecule has 1 fully saturated rings. The number of halogens is 3. The zero-order chi connectivity index (χ0) is 29.0. The van der Waals surface area contributed by atoms with Crippen molar-refractivity contribution in [3.8, 4) is 5.75 Å². The minimum atomic E-state index is -4.38. The second-order valence-corrected chi connectivity index (χ2v) is 10.9. The van der Waals surface area contributed by atoms with E-state index in [-0.39, 0.29) is 11.6 Å². The van der Waals surface area contributed by atoms with Crippen LogP contribution in [-0.4, -0.2) is 73.4 Å². The summed E-state index contributed by atoms with van der Waals surface area (Å²) >= 11 is 0. The van der Waals surface area contributed by atoms with E-state index in [0.717, 1.165) is 43.3 Å². The van der Waals surface area contributed by atoms with Gasteiger partial charge in [0.15, 0.2) is 11.5 Å². The fraction of sp³-hybridized carbons (Fsp3) is 0.433. The normalized spacial score (nSPS) is 16.7. The summed E-state index contributed by atoms with van der Waals surface area (Å²) < 4.78 is 46.6. The fourth-order valence-electron chi connectivity index (χ4n) is 5.37. The molecule has 1 saturated heterocycles. The zero-order valence-corrected chi connectivity index (χ0v) is 23.3. The van der Waals surface area contributed by atoms with Crippen molar-refractivity contribution in [2.75, 3.05) is 56.6 Å². The van der Waals surface area contributed by atoms with Gasteiger partial charge in [0.1, 0.15) is 11.4 Å². The molecule has 3 aromatic rings. The monoisotopic (exact) mass is 568 g/mol. The molecule has 0 aliphatic carbocycles. The number of alkyl halides is 3. The molecule has 1 amide bonds. The Hall–Kier alpha value is -3.86. The van der Waals surface area contributed by atoms with Crippen LogP contribution in [0, 0.1) is 0 Å². The first-order valence-corrected chi connectivity index (χ1v) is 13.8. The number of anilines is 2. The van der Waals surface area contributed by atoms with Crippen LogP contribution in [-0.2, 0) is 12.7 Å². The summed E-state index contributed by atoms with van der Waals surface area (Å²) in [5, 5.41) is 11.3. The summed E-state index contributed by atoms with van der Waals surface area (Å²) in [6, 6.07) is 16.8. The molecule has 0 bridgehead atoms. The maximum absolute atomic E-state index is 13.3. The summed E-state index contributed by atoms with van der Waals surface area (Å²) in [6.45, 7) is 3.70. The Morgan fingerprint density at radius 2 is 1.76 bits per heavy atom. The number of amides is 1. The first-order chi connectivity index (χ1) is 19.6. The van der Waals surface area contributed by atoms with Gasteiger partial charge in [-0.15, -0.1) is 10.2 Å². The smallest absolute Gasteiger partial charge is 0.416 e. The van der Waals surface area contributed by atoms with Crippen molar-refractivity contribution in [2.24, 2.45) is 0 Å². The van der Waals surface area contributed by atoms with Crippen LogP contribution >= 0.6 is 0 Å². The molecule has 2 aliphatic rings. The second-order valence-electron chi connectivity index (χ2n) is 10.9. The van der Waals surface area contributed by atoms with Crippen LogP contribution in [0.2, 0.25) is 0 Å². The van der Waals surface area contributed by atoms with Crippen molar-refractivity contribution in [2.45, 2.75) is 37.6 Å². The Balaban J connectivity index is 1.24. The number of nitrogens with one attached hydrogen (secondary N) is 1. The molecule has 41 heavy (non-hydrogen) atoms. The van der Waals surface area contributed by atoms with Crippen molar-refractivity contribution in [1.29, 1.82) is 0 Å². The molecule has 1 aromatic heterocycles. The Kier molecular flexibility index (Phi) is 8.35. The highest BCUT2D eigenvalue weighted by Gasteiger charge is 2.40. The minimum absolute atomic E-state index is 0.247. The molecular weight excluding hydrogens is 533 g/mol. The predicted molar refractivity (Wildman–Crippen MR) is 151 cm³/mol. The highest BCUT2D eigenvalue weighted by atomic mass is 19.4. The molecule has 8 nitrogen and oxygen atoms in total. The van der Waals surface area contributed by atoms with E-state index in [4.69, 9.17) is 4.74 Å². The Labute approximate surface area is 238 Å². The van der Waals surface area contributed by atoms with Crippen molar-refractivity contribution < 1.29 is 22.7 Å². The maximum Gasteiger partial charge on any atom is 0.416 e. The molecular formula is C30H35F3N6O2. The number of hydrogen-bond donors (Lipinski definition) is 1. The lowest BCUT2D eigenvalue weighted by Gasteiger charge is -2.41. The number of benzene rings is 2. The number of carbonyl (C=O) groups is 1. The molecule has 1 N–H and O–H groups in total. The van der Waals surface area contributed by atoms with Gasteiger partial charge in [-0.05, 0) is 56.1 Å². The predicted octanol–water partition coefficient (Wildman–Crippen LogP) is 4.62. The standard InChI is InChI=1S/C30H35F3N6O2/c1-37(2)19-15-34-28(40)24-10-11-27(36-35-24)38-16-12-29(13-17-38)14-18-39(25-8-3-4-9-26(25)41-29)21-22-6-5-7-23(20-22)30(31,32)33/h3-11,20H,12-19,21H2,1-2H3,(H,34,40). The number of hydrogen-bond acceptors (Lipinski definition) is 7. The molecule has 2 aliphatic heterocycles. The van der Waals surface area contributed by atoms with Gasteiger partial charge in [-0.2, -0.15) is 13.2 Å². The SMILES string of the molecule is CN(C)CCNC(=O)c1ccc(N2CCC3(CC2)CCN(Cc2cccc(C(F)(F)F)c2)c2ccccc2O3)nn1. The van der Waals surface area contributed by atoms with E-state index in [2.05, 4.69) is 25.3 Å². The molecule has 218 valence electrons. The summed E-state index contributed by atoms with van der Waals surface area (Å²) in [5.41, 5.74) is 0.739. The number of aromatic nitrogens is 2. The largest absolute Gasteiger partial charge is 0.485 e. The number of ether oxygens (including phenoxy) is 1. The molecule has 5 rings (SSSR count). The summed E-state index contributed by atoms with van der Waals surface area (Å²) in [5.74, 6) is 1.21. The molecule has 0 radical (unpaired) electrons. The average molecular weight is 569 g/mol. The minimum Gasteiger partial charge on any atom is -0.485 e. The fourth-order valence-corrected chi connectivity index (χ4v) is 5.37. The van der Waals surface area contributed by atoms with Gasteiger partial charge < -0.3 is 24.8 Å². The number of likely N-dealkylation sites (N-methyl/N-ethyl adjacent to an activating group) is 1. The van der Waals surface area contributed by atoms with Gasteiger partial charge in [-0.3, -0.25) is 4.79 Å². The third-order valence-electron chi connectivity index (χ3n) is 7.72. The van der Waals surface area contributed by atoms with Gasteiger partial charge in [0.05, 0.1) is 11.3 Å². The first-order valence-electron chi connectivity index (χ1n) is 13.8. The van der Waals surface area contributed by atoms with Crippen molar-refractivity contribution >= 4 is 17.4 Å². The number of nitrogens with zero attached hydrogens (tertiary/aromatic N) is 5. The van der Waals surface area contributed by atoms with E-state index >= 15 is 0 Å². The van der Waals surface area contributed by atoms with Crippen LogP contribution in [0.5, 0.6) is 5.75 Å². The quantitative estimate of drug-likeness (QED) is 0.446. The molecule has 0 atom stereocenters. The lowest BCUT2D eigenvalue weighted by molar-refractivity contribution is -0.137. The highest BCUT2D eigenvalue weighted by molar-refractivity contribution is 5.92. The molecule has 0 unspecified atom stereocenters. The molecule has 0 saturated carbocycles. The number of carbonyl (C=O) groups excluding carboxylic acids is 1. The second kappa shape index (κ2) is 11.9. The number of fused-ring (bicyclic) bond motifs is 1. The number of piperidine rings is 1. The molecule has 1 spiro atoms. The topological polar surface area (TPSA) is 73.8 Å². The zero-order valence-electron chi connectivity index (χ0n) is 23.3. The first kappa shape index (κ1) is 28.7. The summed E-state index contributed by atoms with van der Waals surface area (Å²) in [6.07, 6.45) is -2.12. The number of rotatable bonds is 7. The maximum atomic E-state index is 13.3. The van der Waals surface area contributed by atoms with E-state index in [1.54, 1.807) is 12.1 Å². The van der Waals surface area contributed by atoms with Crippen LogP contribution < -0.4 is 19.9 Å². The summed E-state index contributed by atoms with van der Waals surface area (Å²) in [7, 11) is 3.89. The third kappa shape index (κ3) is 6.90. The van der Waals surface area contributed by atoms with Crippen LogP contribution in [0.4, 0.5) is 24.7 Å². The van der Waals surface area contributed by atoms with E-state index < -0.39 is 17.3 Å². The van der Waals surface area contributed by atoms with Crippen LogP contribution in [0.1, 0.15) is 40.9 Å². The van der Waals surface area contributed by atoms with E-state index in [0.29, 0.717) is 44.1 Å². The van der Waals surface area contributed by atoms with Crippen molar-refractivity contribution in [3.63, 3.8) is 0 Å². The molecule has 3 heterocycles. The number of para-hydroxylation sites is 2. The lowest BCUT2D eigenvalue weighted by atomic mass is 9.87.